The van der Waals surface area contributed by atoms with Crippen LogP contribution in [0.15, 0.2) is 54.6 Å². The number of halogens is 1. The molecule has 100 valence electrons. The molecule has 0 amide bonds. The first-order valence-corrected chi connectivity index (χ1v) is 6.70. The van der Waals surface area contributed by atoms with Crippen molar-refractivity contribution in [2.75, 3.05) is 6.54 Å². The average Bonchev–Trinajstić information content (AvgIpc) is 2.45. The first-order chi connectivity index (χ1) is 9.16. The Hall–Kier alpha value is -1.67. The van der Waals surface area contributed by atoms with Crippen LogP contribution in [0.2, 0.25) is 0 Å². The molecule has 2 aromatic rings. The molecule has 0 bridgehead atoms. The molecule has 0 spiro atoms. The zero-order valence-electron chi connectivity index (χ0n) is 11.4. The van der Waals surface area contributed by atoms with Gasteiger partial charge in [-0.3, -0.25) is 0 Å². The zero-order chi connectivity index (χ0) is 13.7. The van der Waals surface area contributed by atoms with Crippen LogP contribution in [-0.2, 0) is 0 Å². The zero-order valence-corrected chi connectivity index (χ0v) is 11.4. The molecule has 2 atom stereocenters. The molecule has 0 aliphatic carbocycles. The van der Waals surface area contributed by atoms with E-state index < -0.39 is 0 Å². The molecule has 0 radical (unpaired) electrons. The van der Waals surface area contributed by atoms with E-state index in [0.29, 0.717) is 5.92 Å². The lowest BCUT2D eigenvalue weighted by Gasteiger charge is -2.18. The Morgan fingerprint density at radius 1 is 0.947 bits per heavy atom. The summed E-state index contributed by atoms with van der Waals surface area (Å²) in [7, 11) is 0. The molecule has 0 fully saturated rings. The van der Waals surface area contributed by atoms with E-state index in [9.17, 15) is 4.39 Å². The maximum absolute atomic E-state index is 13.2. The SMILES string of the molecule is CC(CNC(C)c1cccc(F)c1)c1ccccc1. The van der Waals surface area contributed by atoms with E-state index in [1.54, 1.807) is 12.1 Å². The van der Waals surface area contributed by atoms with Gasteiger partial charge in [0.25, 0.3) is 0 Å². The van der Waals surface area contributed by atoms with Gasteiger partial charge in [-0.1, -0.05) is 49.4 Å². The first-order valence-electron chi connectivity index (χ1n) is 6.70. The van der Waals surface area contributed by atoms with Gasteiger partial charge in [0.15, 0.2) is 0 Å². The summed E-state index contributed by atoms with van der Waals surface area (Å²) in [6.07, 6.45) is 0. The molecule has 0 saturated heterocycles. The van der Waals surface area contributed by atoms with E-state index in [-0.39, 0.29) is 11.9 Å². The van der Waals surface area contributed by atoms with Gasteiger partial charge in [-0.2, -0.15) is 0 Å². The average molecular weight is 257 g/mol. The van der Waals surface area contributed by atoms with Crippen molar-refractivity contribution in [3.05, 3.63) is 71.5 Å². The number of benzene rings is 2. The number of rotatable bonds is 5. The summed E-state index contributed by atoms with van der Waals surface area (Å²) < 4.78 is 13.2. The van der Waals surface area contributed by atoms with Crippen LogP contribution in [0.25, 0.3) is 0 Å². The second-order valence-electron chi connectivity index (χ2n) is 5.00. The monoisotopic (exact) mass is 257 g/mol. The largest absolute Gasteiger partial charge is 0.310 e. The summed E-state index contributed by atoms with van der Waals surface area (Å²) in [5, 5.41) is 3.46. The van der Waals surface area contributed by atoms with Crippen LogP contribution in [0.4, 0.5) is 4.39 Å². The Labute approximate surface area is 114 Å². The van der Waals surface area contributed by atoms with Gasteiger partial charge in [0.2, 0.25) is 0 Å². The van der Waals surface area contributed by atoms with Crippen LogP contribution < -0.4 is 5.32 Å². The van der Waals surface area contributed by atoms with Gasteiger partial charge >= 0.3 is 0 Å². The van der Waals surface area contributed by atoms with Gasteiger partial charge in [-0.15, -0.1) is 0 Å². The minimum absolute atomic E-state index is 0.155. The van der Waals surface area contributed by atoms with E-state index >= 15 is 0 Å². The van der Waals surface area contributed by atoms with Crippen molar-refractivity contribution in [2.24, 2.45) is 0 Å². The third kappa shape index (κ3) is 3.90. The smallest absolute Gasteiger partial charge is 0.123 e. The Morgan fingerprint density at radius 2 is 1.63 bits per heavy atom. The van der Waals surface area contributed by atoms with Gasteiger partial charge in [-0.05, 0) is 36.1 Å². The second-order valence-corrected chi connectivity index (χ2v) is 5.00. The maximum atomic E-state index is 13.2. The molecule has 2 heteroatoms. The van der Waals surface area contributed by atoms with Gasteiger partial charge in [0.1, 0.15) is 5.82 Å². The van der Waals surface area contributed by atoms with Crippen molar-refractivity contribution in [1.29, 1.82) is 0 Å². The fourth-order valence-electron chi connectivity index (χ4n) is 2.15. The van der Waals surface area contributed by atoms with Crippen LogP contribution in [0.3, 0.4) is 0 Å². The molecule has 2 aromatic carbocycles. The molecule has 0 aromatic heterocycles. The number of hydrogen-bond acceptors (Lipinski definition) is 1. The minimum atomic E-state index is -0.178. The maximum Gasteiger partial charge on any atom is 0.123 e. The van der Waals surface area contributed by atoms with Gasteiger partial charge in [0, 0.05) is 12.6 Å². The fraction of sp³-hybridized carbons (Fsp3) is 0.294. The highest BCUT2D eigenvalue weighted by molar-refractivity contribution is 5.21. The predicted octanol–water partition coefficient (Wildman–Crippen LogP) is 4.28. The highest BCUT2D eigenvalue weighted by Gasteiger charge is 2.09. The van der Waals surface area contributed by atoms with E-state index in [2.05, 4.69) is 43.4 Å². The highest BCUT2D eigenvalue weighted by Crippen LogP contribution is 2.17. The van der Waals surface area contributed by atoms with Crippen LogP contribution in [0, 0.1) is 5.82 Å². The minimum Gasteiger partial charge on any atom is -0.310 e. The molecule has 0 saturated carbocycles. The standard InChI is InChI=1S/C17H20FN/c1-13(15-7-4-3-5-8-15)12-19-14(2)16-9-6-10-17(18)11-16/h3-11,13-14,19H,12H2,1-2H3. The Balaban J connectivity index is 1.92. The molecule has 2 rings (SSSR count). The topological polar surface area (TPSA) is 12.0 Å². The normalized spacial score (nSPS) is 14.1. The summed E-state index contributed by atoms with van der Waals surface area (Å²) in [6, 6.07) is 17.3. The molecule has 1 nitrogen and oxygen atoms in total. The van der Waals surface area contributed by atoms with E-state index in [0.717, 1.165) is 12.1 Å². The fourth-order valence-corrected chi connectivity index (χ4v) is 2.15. The Bertz CT molecular complexity index is 510. The highest BCUT2D eigenvalue weighted by atomic mass is 19.1. The molecule has 2 unspecified atom stereocenters. The molecule has 0 aliphatic heterocycles. The summed E-state index contributed by atoms with van der Waals surface area (Å²) in [4.78, 5) is 0. The third-order valence-corrected chi connectivity index (χ3v) is 3.45. The number of hydrogen-bond donors (Lipinski definition) is 1. The van der Waals surface area contributed by atoms with Gasteiger partial charge < -0.3 is 5.32 Å². The van der Waals surface area contributed by atoms with Crippen molar-refractivity contribution >= 4 is 0 Å². The van der Waals surface area contributed by atoms with Crippen molar-refractivity contribution in [3.63, 3.8) is 0 Å². The van der Waals surface area contributed by atoms with Crippen LogP contribution >= 0.6 is 0 Å². The first kappa shape index (κ1) is 13.8. The lowest BCUT2D eigenvalue weighted by molar-refractivity contribution is 0.533. The Morgan fingerprint density at radius 3 is 2.32 bits per heavy atom. The quantitative estimate of drug-likeness (QED) is 0.843. The molecule has 1 N–H and O–H groups in total. The number of nitrogens with one attached hydrogen (secondary N) is 1. The van der Waals surface area contributed by atoms with E-state index in [1.165, 1.54) is 11.6 Å². The second kappa shape index (κ2) is 6.48. The lowest BCUT2D eigenvalue weighted by Crippen LogP contribution is -2.23. The summed E-state index contributed by atoms with van der Waals surface area (Å²) in [6.45, 7) is 5.13. The van der Waals surface area contributed by atoms with Crippen LogP contribution in [0.1, 0.15) is 36.9 Å². The molecule has 19 heavy (non-hydrogen) atoms. The predicted molar refractivity (Wildman–Crippen MR) is 77.7 cm³/mol. The van der Waals surface area contributed by atoms with Crippen molar-refractivity contribution < 1.29 is 4.39 Å². The van der Waals surface area contributed by atoms with Crippen molar-refractivity contribution in [3.8, 4) is 0 Å². The van der Waals surface area contributed by atoms with Crippen molar-refractivity contribution in [1.82, 2.24) is 5.32 Å². The van der Waals surface area contributed by atoms with Gasteiger partial charge in [-0.25, -0.2) is 4.39 Å². The molecular weight excluding hydrogens is 237 g/mol. The van der Waals surface area contributed by atoms with Gasteiger partial charge in [0.05, 0.1) is 0 Å². The third-order valence-electron chi connectivity index (χ3n) is 3.45. The summed E-state index contributed by atoms with van der Waals surface area (Å²) in [5.41, 5.74) is 2.31. The molecular formula is C17H20FN. The van der Waals surface area contributed by atoms with Crippen LogP contribution in [-0.4, -0.2) is 6.54 Å². The van der Waals surface area contributed by atoms with Crippen LogP contribution in [0.5, 0.6) is 0 Å². The van der Waals surface area contributed by atoms with Crippen molar-refractivity contribution in [2.45, 2.75) is 25.8 Å². The van der Waals surface area contributed by atoms with E-state index in [4.69, 9.17) is 0 Å². The summed E-state index contributed by atoms with van der Waals surface area (Å²) in [5.74, 6) is 0.263. The molecule has 0 heterocycles. The lowest BCUT2D eigenvalue weighted by atomic mass is 10.0. The molecule has 0 aliphatic rings. The Kier molecular flexibility index (Phi) is 4.69. The summed E-state index contributed by atoms with van der Waals surface area (Å²) >= 11 is 0. The van der Waals surface area contributed by atoms with E-state index in [1.807, 2.05) is 12.1 Å².